The third-order valence-electron chi connectivity index (χ3n) is 4.14. The zero-order valence-corrected chi connectivity index (χ0v) is 14.7. The SMILES string of the molecule is Cl.O=C(CCOc1ccccc1F)NCC1NCCc2ccccc21. The van der Waals surface area contributed by atoms with Crippen molar-refractivity contribution in [2.45, 2.75) is 18.9 Å². The molecule has 0 saturated heterocycles. The molecular formula is C19H22ClFN2O2. The zero-order valence-electron chi connectivity index (χ0n) is 13.8. The van der Waals surface area contributed by atoms with Crippen molar-refractivity contribution >= 4 is 18.3 Å². The highest BCUT2D eigenvalue weighted by atomic mass is 35.5. The maximum atomic E-state index is 13.4. The van der Waals surface area contributed by atoms with Crippen molar-refractivity contribution in [1.29, 1.82) is 0 Å². The molecule has 3 rings (SSSR count). The highest BCUT2D eigenvalue weighted by Crippen LogP contribution is 2.21. The maximum Gasteiger partial charge on any atom is 0.223 e. The minimum Gasteiger partial charge on any atom is -0.490 e. The summed E-state index contributed by atoms with van der Waals surface area (Å²) in [4.78, 5) is 12.0. The Balaban J connectivity index is 0.00000225. The van der Waals surface area contributed by atoms with Crippen LogP contribution in [0.1, 0.15) is 23.6 Å². The summed E-state index contributed by atoms with van der Waals surface area (Å²) in [6, 6.07) is 14.6. The van der Waals surface area contributed by atoms with Gasteiger partial charge in [-0.25, -0.2) is 4.39 Å². The largest absolute Gasteiger partial charge is 0.490 e. The van der Waals surface area contributed by atoms with Crippen molar-refractivity contribution in [3.63, 3.8) is 0 Å². The monoisotopic (exact) mass is 364 g/mol. The van der Waals surface area contributed by atoms with E-state index in [1.54, 1.807) is 18.2 Å². The van der Waals surface area contributed by atoms with E-state index in [1.165, 1.54) is 17.2 Å². The summed E-state index contributed by atoms with van der Waals surface area (Å²) >= 11 is 0. The van der Waals surface area contributed by atoms with E-state index in [0.717, 1.165) is 13.0 Å². The molecule has 1 unspecified atom stereocenters. The molecule has 0 fully saturated rings. The van der Waals surface area contributed by atoms with Crippen molar-refractivity contribution in [3.05, 3.63) is 65.5 Å². The molecule has 0 aliphatic carbocycles. The van der Waals surface area contributed by atoms with Gasteiger partial charge in [0.1, 0.15) is 0 Å². The number of ether oxygens (including phenoxy) is 1. The summed E-state index contributed by atoms with van der Waals surface area (Å²) in [5.41, 5.74) is 2.57. The number of amides is 1. The predicted molar refractivity (Wildman–Crippen MR) is 97.7 cm³/mol. The van der Waals surface area contributed by atoms with E-state index in [2.05, 4.69) is 22.8 Å². The number of carbonyl (C=O) groups excluding carboxylic acids is 1. The molecule has 0 bridgehead atoms. The topological polar surface area (TPSA) is 50.4 Å². The summed E-state index contributed by atoms with van der Waals surface area (Å²) in [6.07, 6.45) is 1.21. The van der Waals surface area contributed by atoms with Crippen LogP contribution in [0.3, 0.4) is 0 Å². The van der Waals surface area contributed by atoms with Gasteiger partial charge in [-0.05, 0) is 36.2 Å². The van der Waals surface area contributed by atoms with E-state index >= 15 is 0 Å². The minimum atomic E-state index is -0.416. The minimum absolute atomic E-state index is 0. The predicted octanol–water partition coefficient (Wildman–Crippen LogP) is 3.02. The van der Waals surface area contributed by atoms with Gasteiger partial charge in [-0.1, -0.05) is 36.4 Å². The Kier molecular flexibility index (Phi) is 7.22. The molecule has 134 valence electrons. The third kappa shape index (κ3) is 5.18. The molecule has 1 heterocycles. The van der Waals surface area contributed by atoms with Gasteiger partial charge in [0.05, 0.1) is 13.0 Å². The number of fused-ring (bicyclic) bond motifs is 1. The summed E-state index contributed by atoms with van der Waals surface area (Å²) in [5.74, 6) is -0.342. The number of nitrogens with one attached hydrogen (secondary N) is 2. The van der Waals surface area contributed by atoms with Crippen LogP contribution in [0.5, 0.6) is 5.75 Å². The average molecular weight is 365 g/mol. The fourth-order valence-electron chi connectivity index (χ4n) is 2.89. The van der Waals surface area contributed by atoms with Crippen LogP contribution >= 0.6 is 12.4 Å². The smallest absolute Gasteiger partial charge is 0.223 e. The molecule has 4 nitrogen and oxygen atoms in total. The van der Waals surface area contributed by atoms with Crippen molar-refractivity contribution < 1.29 is 13.9 Å². The van der Waals surface area contributed by atoms with E-state index in [4.69, 9.17) is 4.74 Å². The molecular weight excluding hydrogens is 343 g/mol. The standard InChI is InChI=1S/C19H21FN2O2.ClH/c20-16-7-3-4-8-18(16)24-12-10-19(23)22-13-17-15-6-2-1-5-14(15)9-11-21-17;/h1-8,17,21H,9-13H2,(H,22,23);1H. The number of hydrogen-bond donors (Lipinski definition) is 2. The fourth-order valence-corrected chi connectivity index (χ4v) is 2.89. The first-order valence-corrected chi connectivity index (χ1v) is 8.19. The van der Waals surface area contributed by atoms with Gasteiger partial charge in [-0.2, -0.15) is 0 Å². The van der Waals surface area contributed by atoms with E-state index in [1.807, 2.05) is 12.1 Å². The molecule has 6 heteroatoms. The van der Waals surface area contributed by atoms with Crippen molar-refractivity contribution in [2.75, 3.05) is 19.7 Å². The van der Waals surface area contributed by atoms with Crippen LogP contribution in [0.4, 0.5) is 4.39 Å². The lowest BCUT2D eigenvalue weighted by Crippen LogP contribution is -2.39. The lowest BCUT2D eigenvalue weighted by atomic mass is 9.94. The normalized spacial score (nSPS) is 15.6. The summed E-state index contributed by atoms with van der Waals surface area (Å²) in [6.45, 7) is 1.60. The van der Waals surface area contributed by atoms with Gasteiger partial charge in [-0.3, -0.25) is 4.79 Å². The maximum absolute atomic E-state index is 13.4. The van der Waals surface area contributed by atoms with Gasteiger partial charge in [0.25, 0.3) is 0 Å². The van der Waals surface area contributed by atoms with Gasteiger partial charge in [0, 0.05) is 12.6 Å². The van der Waals surface area contributed by atoms with Crippen molar-refractivity contribution in [1.82, 2.24) is 10.6 Å². The van der Waals surface area contributed by atoms with E-state index in [0.29, 0.717) is 6.54 Å². The van der Waals surface area contributed by atoms with Crippen LogP contribution in [-0.4, -0.2) is 25.6 Å². The summed E-state index contributed by atoms with van der Waals surface area (Å²) in [7, 11) is 0. The first kappa shape index (κ1) is 19.2. The molecule has 2 aromatic rings. The van der Waals surface area contributed by atoms with Crippen LogP contribution in [0.15, 0.2) is 48.5 Å². The van der Waals surface area contributed by atoms with Crippen LogP contribution in [0.2, 0.25) is 0 Å². The van der Waals surface area contributed by atoms with Crippen molar-refractivity contribution in [2.24, 2.45) is 0 Å². The van der Waals surface area contributed by atoms with E-state index in [-0.39, 0.29) is 43.1 Å². The summed E-state index contributed by atoms with van der Waals surface area (Å²) < 4.78 is 18.7. The molecule has 25 heavy (non-hydrogen) atoms. The molecule has 1 aliphatic heterocycles. The Morgan fingerprint density at radius 3 is 2.80 bits per heavy atom. The highest BCUT2D eigenvalue weighted by molar-refractivity contribution is 5.85. The Bertz CT molecular complexity index is 711. The lowest BCUT2D eigenvalue weighted by molar-refractivity contribution is -0.121. The zero-order chi connectivity index (χ0) is 16.8. The molecule has 2 aromatic carbocycles. The summed E-state index contributed by atoms with van der Waals surface area (Å²) in [5, 5.41) is 6.34. The molecule has 1 amide bonds. The van der Waals surface area contributed by atoms with Crippen LogP contribution in [-0.2, 0) is 11.2 Å². The van der Waals surface area contributed by atoms with Crippen LogP contribution in [0, 0.1) is 5.82 Å². The number of benzene rings is 2. The van der Waals surface area contributed by atoms with Gasteiger partial charge in [0.15, 0.2) is 11.6 Å². The Morgan fingerprint density at radius 2 is 1.96 bits per heavy atom. The van der Waals surface area contributed by atoms with E-state index in [9.17, 15) is 9.18 Å². The lowest BCUT2D eigenvalue weighted by Gasteiger charge is -2.27. The molecule has 1 aliphatic rings. The molecule has 1 atom stereocenters. The number of hydrogen-bond acceptors (Lipinski definition) is 3. The molecule has 0 saturated carbocycles. The van der Waals surface area contributed by atoms with Crippen LogP contribution in [0.25, 0.3) is 0 Å². The van der Waals surface area contributed by atoms with Gasteiger partial charge in [-0.15, -0.1) is 12.4 Å². The third-order valence-corrected chi connectivity index (χ3v) is 4.14. The molecule has 0 radical (unpaired) electrons. The number of carbonyl (C=O) groups is 1. The first-order valence-electron chi connectivity index (χ1n) is 8.19. The quantitative estimate of drug-likeness (QED) is 0.828. The number of rotatable bonds is 6. The second kappa shape index (κ2) is 9.39. The Morgan fingerprint density at radius 1 is 1.20 bits per heavy atom. The number of para-hydroxylation sites is 1. The van der Waals surface area contributed by atoms with Gasteiger partial charge in [0.2, 0.25) is 5.91 Å². The van der Waals surface area contributed by atoms with E-state index < -0.39 is 5.82 Å². The second-order valence-corrected chi connectivity index (χ2v) is 5.79. The second-order valence-electron chi connectivity index (χ2n) is 5.79. The molecule has 2 N–H and O–H groups in total. The molecule has 0 aromatic heterocycles. The van der Waals surface area contributed by atoms with Crippen LogP contribution < -0.4 is 15.4 Å². The first-order chi connectivity index (χ1) is 11.7. The fraction of sp³-hybridized carbons (Fsp3) is 0.316. The Hall–Kier alpha value is -2.11. The van der Waals surface area contributed by atoms with Crippen molar-refractivity contribution in [3.8, 4) is 5.75 Å². The van der Waals surface area contributed by atoms with Gasteiger partial charge < -0.3 is 15.4 Å². The van der Waals surface area contributed by atoms with Gasteiger partial charge >= 0.3 is 0 Å². The average Bonchev–Trinajstić information content (AvgIpc) is 2.61. The molecule has 0 spiro atoms. The highest BCUT2D eigenvalue weighted by Gasteiger charge is 2.19. The number of halogens is 2. The Labute approximate surface area is 153 Å².